The molecule has 0 amide bonds. The van der Waals surface area contributed by atoms with Gasteiger partial charge >= 0.3 is 0 Å². The van der Waals surface area contributed by atoms with Crippen molar-refractivity contribution >= 4 is 17.4 Å². The first-order chi connectivity index (χ1) is 8.58. The number of carbonyl (C=O) groups is 1. The third kappa shape index (κ3) is 2.71. The molecule has 0 radical (unpaired) electrons. The van der Waals surface area contributed by atoms with Crippen molar-refractivity contribution < 1.29 is 9.53 Å². The van der Waals surface area contributed by atoms with E-state index in [2.05, 4.69) is 0 Å². The smallest absolute Gasteiger partial charge is 0.159 e. The van der Waals surface area contributed by atoms with Crippen molar-refractivity contribution in [2.45, 2.75) is 13.8 Å². The molecule has 0 saturated heterocycles. The monoisotopic (exact) mass is 260 g/mol. The molecule has 0 saturated carbocycles. The highest BCUT2D eigenvalue weighted by Crippen LogP contribution is 2.31. The molecule has 92 valence electrons. The lowest BCUT2D eigenvalue weighted by Crippen LogP contribution is -1.93. The third-order valence-electron chi connectivity index (χ3n) is 2.65. The first-order valence-electron chi connectivity index (χ1n) is 5.62. The first kappa shape index (κ1) is 12.7. The predicted octanol–water partition coefficient (Wildman–Crippen LogP) is 4.64. The van der Waals surface area contributed by atoms with Crippen LogP contribution < -0.4 is 4.74 Å². The second kappa shape index (κ2) is 5.23. The standard InChI is InChI=1S/C15H13ClO2/c1-10-5-3-4-6-14(10)18-15-8-7-12(11(2)17)9-13(15)16/h3-9H,1-2H3. The van der Waals surface area contributed by atoms with Crippen molar-refractivity contribution in [2.24, 2.45) is 0 Å². The average Bonchev–Trinajstić information content (AvgIpc) is 2.34. The number of aryl methyl sites for hydroxylation is 1. The van der Waals surface area contributed by atoms with Crippen LogP contribution in [0.3, 0.4) is 0 Å². The Labute approximate surface area is 111 Å². The van der Waals surface area contributed by atoms with Crippen LogP contribution in [0.5, 0.6) is 11.5 Å². The normalized spacial score (nSPS) is 10.2. The molecule has 0 heterocycles. The fourth-order valence-electron chi connectivity index (χ4n) is 1.59. The zero-order valence-electron chi connectivity index (χ0n) is 10.2. The van der Waals surface area contributed by atoms with Crippen molar-refractivity contribution in [1.29, 1.82) is 0 Å². The Balaban J connectivity index is 2.30. The van der Waals surface area contributed by atoms with Gasteiger partial charge in [-0.05, 0) is 43.7 Å². The number of hydrogen-bond acceptors (Lipinski definition) is 2. The lowest BCUT2D eigenvalue weighted by molar-refractivity contribution is 0.101. The molecule has 0 aliphatic heterocycles. The maximum Gasteiger partial charge on any atom is 0.159 e. The van der Waals surface area contributed by atoms with Gasteiger partial charge in [-0.25, -0.2) is 0 Å². The van der Waals surface area contributed by atoms with Gasteiger partial charge in [0.15, 0.2) is 5.78 Å². The number of carbonyl (C=O) groups excluding carboxylic acids is 1. The molecule has 0 aromatic heterocycles. The summed E-state index contributed by atoms with van der Waals surface area (Å²) in [7, 11) is 0. The summed E-state index contributed by atoms with van der Waals surface area (Å²) in [4.78, 5) is 11.2. The van der Waals surface area contributed by atoms with Crippen molar-refractivity contribution in [1.82, 2.24) is 0 Å². The summed E-state index contributed by atoms with van der Waals surface area (Å²) >= 11 is 6.10. The number of para-hydroxylation sites is 1. The Bertz CT molecular complexity index is 591. The van der Waals surface area contributed by atoms with Crippen LogP contribution in [0.15, 0.2) is 42.5 Å². The zero-order chi connectivity index (χ0) is 13.1. The number of Topliss-reactive ketones (excluding diaryl/α,β-unsaturated/α-hetero) is 1. The van der Waals surface area contributed by atoms with E-state index in [9.17, 15) is 4.79 Å². The minimum atomic E-state index is -0.0145. The summed E-state index contributed by atoms with van der Waals surface area (Å²) in [5, 5.41) is 0.436. The zero-order valence-corrected chi connectivity index (χ0v) is 11.0. The van der Waals surface area contributed by atoms with E-state index in [0.29, 0.717) is 16.3 Å². The Morgan fingerprint density at radius 1 is 1.11 bits per heavy atom. The van der Waals surface area contributed by atoms with E-state index in [1.807, 2.05) is 31.2 Å². The van der Waals surface area contributed by atoms with E-state index in [1.54, 1.807) is 18.2 Å². The molecule has 0 aliphatic rings. The molecule has 0 bridgehead atoms. The summed E-state index contributed by atoms with van der Waals surface area (Å²) in [6.45, 7) is 3.47. The van der Waals surface area contributed by atoms with E-state index >= 15 is 0 Å². The van der Waals surface area contributed by atoms with E-state index in [4.69, 9.17) is 16.3 Å². The summed E-state index contributed by atoms with van der Waals surface area (Å²) in [6.07, 6.45) is 0. The van der Waals surface area contributed by atoms with Crippen molar-refractivity contribution in [2.75, 3.05) is 0 Å². The summed E-state index contributed by atoms with van der Waals surface area (Å²) < 4.78 is 5.73. The van der Waals surface area contributed by atoms with Gasteiger partial charge < -0.3 is 4.74 Å². The molecule has 2 nitrogen and oxygen atoms in total. The second-order valence-corrected chi connectivity index (χ2v) is 4.48. The van der Waals surface area contributed by atoms with Crippen molar-refractivity contribution in [3.63, 3.8) is 0 Å². The predicted molar refractivity (Wildman–Crippen MR) is 72.7 cm³/mol. The fourth-order valence-corrected chi connectivity index (χ4v) is 1.81. The second-order valence-electron chi connectivity index (χ2n) is 4.07. The van der Waals surface area contributed by atoms with E-state index in [1.165, 1.54) is 6.92 Å². The van der Waals surface area contributed by atoms with Gasteiger partial charge in [0.25, 0.3) is 0 Å². The number of ketones is 1. The van der Waals surface area contributed by atoms with E-state index < -0.39 is 0 Å². The molecule has 0 atom stereocenters. The third-order valence-corrected chi connectivity index (χ3v) is 2.95. The van der Waals surface area contributed by atoms with Crippen LogP contribution in [0.4, 0.5) is 0 Å². The molecule has 0 aliphatic carbocycles. The molecule has 2 rings (SSSR count). The first-order valence-corrected chi connectivity index (χ1v) is 5.99. The highest BCUT2D eigenvalue weighted by atomic mass is 35.5. The molecular weight excluding hydrogens is 248 g/mol. The molecule has 0 unspecified atom stereocenters. The number of rotatable bonds is 3. The van der Waals surface area contributed by atoms with Gasteiger partial charge in [0, 0.05) is 5.56 Å². The minimum absolute atomic E-state index is 0.0145. The number of benzene rings is 2. The molecule has 0 spiro atoms. The number of hydrogen-bond donors (Lipinski definition) is 0. The van der Waals surface area contributed by atoms with Crippen LogP contribution in [-0.4, -0.2) is 5.78 Å². The van der Waals surface area contributed by atoms with Gasteiger partial charge in [0.05, 0.1) is 5.02 Å². The maximum atomic E-state index is 11.2. The van der Waals surface area contributed by atoms with Gasteiger partial charge in [-0.1, -0.05) is 29.8 Å². The van der Waals surface area contributed by atoms with Crippen LogP contribution in [-0.2, 0) is 0 Å². The highest BCUT2D eigenvalue weighted by Gasteiger charge is 2.08. The molecule has 0 fully saturated rings. The Morgan fingerprint density at radius 3 is 2.44 bits per heavy atom. The lowest BCUT2D eigenvalue weighted by atomic mass is 10.1. The molecule has 2 aromatic rings. The lowest BCUT2D eigenvalue weighted by Gasteiger charge is -2.10. The van der Waals surface area contributed by atoms with E-state index in [-0.39, 0.29) is 5.78 Å². The summed E-state index contributed by atoms with van der Waals surface area (Å²) in [5.74, 6) is 1.30. The topological polar surface area (TPSA) is 26.3 Å². The van der Waals surface area contributed by atoms with Gasteiger partial charge in [-0.2, -0.15) is 0 Å². The van der Waals surface area contributed by atoms with Crippen molar-refractivity contribution in [3.8, 4) is 11.5 Å². The molecule has 2 aromatic carbocycles. The maximum absolute atomic E-state index is 11.2. The highest BCUT2D eigenvalue weighted by molar-refractivity contribution is 6.32. The van der Waals surface area contributed by atoms with Gasteiger partial charge in [-0.15, -0.1) is 0 Å². The summed E-state index contributed by atoms with van der Waals surface area (Å²) in [5.41, 5.74) is 1.61. The van der Waals surface area contributed by atoms with Crippen LogP contribution in [0, 0.1) is 6.92 Å². The number of ether oxygens (including phenoxy) is 1. The van der Waals surface area contributed by atoms with E-state index in [0.717, 1.165) is 11.3 Å². The Hall–Kier alpha value is -1.80. The van der Waals surface area contributed by atoms with Gasteiger partial charge in [-0.3, -0.25) is 4.79 Å². The largest absolute Gasteiger partial charge is 0.456 e. The number of halogens is 1. The van der Waals surface area contributed by atoms with Crippen LogP contribution >= 0.6 is 11.6 Å². The van der Waals surface area contributed by atoms with Gasteiger partial charge in [0.1, 0.15) is 11.5 Å². The van der Waals surface area contributed by atoms with Crippen LogP contribution in [0.25, 0.3) is 0 Å². The van der Waals surface area contributed by atoms with Crippen molar-refractivity contribution in [3.05, 3.63) is 58.6 Å². The van der Waals surface area contributed by atoms with Crippen LogP contribution in [0.1, 0.15) is 22.8 Å². The Morgan fingerprint density at radius 2 is 1.83 bits per heavy atom. The molecule has 18 heavy (non-hydrogen) atoms. The summed E-state index contributed by atoms with van der Waals surface area (Å²) in [6, 6.07) is 12.7. The van der Waals surface area contributed by atoms with Crippen LogP contribution in [0.2, 0.25) is 5.02 Å². The van der Waals surface area contributed by atoms with Gasteiger partial charge in [0.2, 0.25) is 0 Å². The fraction of sp³-hybridized carbons (Fsp3) is 0.133. The molecule has 0 N–H and O–H groups in total. The quantitative estimate of drug-likeness (QED) is 0.752. The molecule has 3 heteroatoms. The SMILES string of the molecule is CC(=O)c1ccc(Oc2ccccc2C)c(Cl)c1. The Kier molecular flexibility index (Phi) is 3.68. The average molecular weight is 261 g/mol. The minimum Gasteiger partial charge on any atom is -0.456 e. The molecular formula is C15H13ClO2.